The van der Waals surface area contributed by atoms with Crippen LogP contribution in [-0.4, -0.2) is 42.9 Å². The van der Waals surface area contributed by atoms with Crippen LogP contribution in [0.4, 0.5) is 0 Å². The first kappa shape index (κ1) is 29.6. The molecule has 0 radical (unpaired) electrons. The van der Waals surface area contributed by atoms with E-state index in [4.69, 9.17) is 4.52 Å². The second-order valence-electron chi connectivity index (χ2n) is 9.44. The average molecular weight is 445 g/mol. The second-order valence-corrected chi connectivity index (χ2v) is 11.4. The topological polar surface area (TPSA) is 46.5 Å². The summed E-state index contributed by atoms with van der Waals surface area (Å²) < 4.78 is 18.6. The van der Waals surface area contributed by atoms with E-state index in [9.17, 15) is 9.46 Å². The lowest BCUT2D eigenvalue weighted by molar-refractivity contribution is -0.883. The minimum atomic E-state index is -3.57. The van der Waals surface area contributed by atoms with Gasteiger partial charge in [0.15, 0.2) is 5.78 Å². The van der Waals surface area contributed by atoms with Crippen molar-refractivity contribution < 1.29 is 18.5 Å². The second kappa shape index (κ2) is 18.2. The summed E-state index contributed by atoms with van der Waals surface area (Å²) in [6, 6.07) is 0. The maximum atomic E-state index is 12.6. The summed E-state index contributed by atoms with van der Waals surface area (Å²) in [6.45, 7) is 6.20. The molecule has 0 saturated heterocycles. The van der Waals surface area contributed by atoms with Crippen molar-refractivity contribution in [3.8, 4) is 0 Å². The van der Waals surface area contributed by atoms with Crippen LogP contribution in [0.2, 0.25) is 0 Å². The van der Waals surface area contributed by atoms with E-state index in [0.29, 0.717) is 17.5 Å². The van der Waals surface area contributed by atoms with Gasteiger partial charge >= 0.3 is 7.60 Å². The first-order chi connectivity index (χ1) is 14.3. The Morgan fingerprint density at radius 3 is 1.83 bits per heavy atom. The Hall–Kier alpha value is -0.410. The summed E-state index contributed by atoms with van der Waals surface area (Å²) in [7, 11) is 2.33. The molecule has 0 spiro atoms. The third-order valence-electron chi connectivity index (χ3n) is 5.55. The molecule has 0 aliphatic heterocycles. The van der Waals surface area contributed by atoms with Crippen LogP contribution in [0.3, 0.4) is 0 Å². The van der Waals surface area contributed by atoms with E-state index in [1.165, 1.54) is 64.2 Å². The third kappa shape index (κ3) is 16.3. The maximum absolute atomic E-state index is 12.6. The fourth-order valence-corrected chi connectivity index (χ4v) is 5.76. The van der Waals surface area contributed by atoms with Crippen molar-refractivity contribution in [2.24, 2.45) is 0 Å². The van der Waals surface area contributed by atoms with Crippen molar-refractivity contribution in [3.05, 3.63) is 24.8 Å². The molecule has 0 aliphatic carbocycles. The molecule has 0 heterocycles. The third-order valence-corrected chi connectivity index (χ3v) is 7.81. The molecule has 0 bridgehead atoms. The summed E-state index contributed by atoms with van der Waals surface area (Å²) >= 11 is 0. The number of nitrogens with zero attached hydrogens (tertiary/aromatic N) is 1. The number of quaternary nitrogens is 1. The molecule has 0 fully saturated rings. The van der Waals surface area contributed by atoms with Gasteiger partial charge in [-0.2, -0.15) is 0 Å². The van der Waals surface area contributed by atoms with E-state index in [1.807, 2.05) is 34.1 Å². The van der Waals surface area contributed by atoms with Crippen LogP contribution in [-0.2, 0) is 9.09 Å². The Morgan fingerprint density at radius 2 is 1.33 bits per heavy atom. The molecule has 0 aromatic carbocycles. The van der Waals surface area contributed by atoms with Crippen LogP contribution in [0.15, 0.2) is 24.8 Å². The highest BCUT2D eigenvalue weighted by molar-refractivity contribution is 7.53. The van der Waals surface area contributed by atoms with Gasteiger partial charge in [-0.25, -0.2) is 0 Å². The first-order valence-corrected chi connectivity index (χ1v) is 13.9. The van der Waals surface area contributed by atoms with Gasteiger partial charge < -0.3 is 13.9 Å². The van der Waals surface area contributed by atoms with Crippen LogP contribution in [0.25, 0.3) is 0 Å². The molecule has 0 amide bonds. The smallest absolute Gasteiger partial charge is 0.320 e. The number of hydrogen-bond acceptors (Lipinski definition) is 2. The molecule has 0 saturated carbocycles. The molecule has 0 aromatic heterocycles. The quantitative estimate of drug-likeness (QED) is 0.0849. The van der Waals surface area contributed by atoms with Gasteiger partial charge in [0.05, 0.1) is 27.7 Å². The Kier molecular flexibility index (Phi) is 17.9. The lowest BCUT2D eigenvalue weighted by atomic mass is 10.1. The standard InChI is InChI=1S/C25H50NO3P/c1-6-8-9-10-11-12-13-14-15-16-17-18-19-20-21-22-24-29-30(27,28)25(23-7-2)26(3,4)5/h6,12-13,25H,1,7-11,14-24H2,2-5H3/p+1/b13-12-. The molecule has 0 rings (SSSR count). The fourth-order valence-electron chi connectivity index (χ4n) is 3.74. The van der Waals surface area contributed by atoms with E-state index in [2.05, 4.69) is 18.7 Å². The van der Waals surface area contributed by atoms with Gasteiger partial charge in [-0.1, -0.05) is 63.7 Å². The summed E-state index contributed by atoms with van der Waals surface area (Å²) in [4.78, 5) is 10.4. The highest BCUT2D eigenvalue weighted by Crippen LogP contribution is 2.51. The highest BCUT2D eigenvalue weighted by Gasteiger charge is 2.41. The lowest BCUT2D eigenvalue weighted by Gasteiger charge is -2.35. The van der Waals surface area contributed by atoms with Crippen LogP contribution in [0, 0.1) is 0 Å². The molecule has 4 nitrogen and oxygen atoms in total. The zero-order valence-electron chi connectivity index (χ0n) is 20.5. The molecule has 30 heavy (non-hydrogen) atoms. The Labute approximate surface area is 187 Å². The molecule has 5 heteroatoms. The van der Waals surface area contributed by atoms with Crippen LogP contribution in [0.5, 0.6) is 0 Å². The van der Waals surface area contributed by atoms with Gasteiger partial charge in [0.25, 0.3) is 0 Å². The summed E-state index contributed by atoms with van der Waals surface area (Å²) in [5, 5.41) is 0. The van der Waals surface area contributed by atoms with E-state index in [-0.39, 0.29) is 5.78 Å². The normalized spacial score (nSPS) is 15.4. The van der Waals surface area contributed by atoms with Crippen molar-refractivity contribution in [1.29, 1.82) is 0 Å². The number of unbranched alkanes of at least 4 members (excludes halogenated alkanes) is 11. The van der Waals surface area contributed by atoms with Crippen molar-refractivity contribution >= 4 is 7.60 Å². The first-order valence-electron chi connectivity index (χ1n) is 12.3. The molecule has 2 unspecified atom stereocenters. The van der Waals surface area contributed by atoms with Gasteiger partial charge in [0.1, 0.15) is 0 Å². The van der Waals surface area contributed by atoms with Crippen LogP contribution >= 0.6 is 7.60 Å². The molecule has 2 atom stereocenters. The Balaban J connectivity index is 3.60. The molecular weight excluding hydrogens is 393 g/mol. The van der Waals surface area contributed by atoms with Gasteiger partial charge in [-0.05, 0) is 51.4 Å². The molecule has 0 aromatic rings. The van der Waals surface area contributed by atoms with Crippen LogP contribution < -0.4 is 0 Å². The van der Waals surface area contributed by atoms with Crippen molar-refractivity contribution in [3.63, 3.8) is 0 Å². The Morgan fingerprint density at radius 1 is 0.867 bits per heavy atom. The van der Waals surface area contributed by atoms with Gasteiger partial charge in [0.2, 0.25) is 0 Å². The predicted molar refractivity (Wildman–Crippen MR) is 132 cm³/mol. The fraction of sp³-hybridized carbons (Fsp3) is 0.840. The maximum Gasteiger partial charge on any atom is 0.385 e. The minimum absolute atomic E-state index is 0.338. The van der Waals surface area contributed by atoms with E-state index in [0.717, 1.165) is 25.7 Å². The summed E-state index contributed by atoms with van der Waals surface area (Å²) in [5.41, 5.74) is 0. The number of hydrogen-bond donors (Lipinski definition) is 1. The SMILES string of the molecule is C=CCCCC/C=C\CCCCCCCCCCOP(=O)(O)C(CCC)[N+](C)(C)C. The van der Waals surface area contributed by atoms with E-state index < -0.39 is 7.60 Å². The molecular formula is C25H51NO3P+. The monoisotopic (exact) mass is 444 g/mol. The number of rotatable bonds is 21. The summed E-state index contributed by atoms with van der Waals surface area (Å²) in [5.74, 6) is -0.338. The molecule has 0 aliphatic rings. The zero-order valence-corrected chi connectivity index (χ0v) is 21.4. The largest absolute Gasteiger partial charge is 0.385 e. The van der Waals surface area contributed by atoms with Gasteiger partial charge in [-0.3, -0.25) is 4.57 Å². The van der Waals surface area contributed by atoms with E-state index in [1.54, 1.807) is 0 Å². The minimum Gasteiger partial charge on any atom is -0.320 e. The van der Waals surface area contributed by atoms with Gasteiger partial charge in [0, 0.05) is 6.42 Å². The average Bonchev–Trinajstić information content (AvgIpc) is 2.67. The molecule has 1 N–H and O–H groups in total. The van der Waals surface area contributed by atoms with Crippen molar-refractivity contribution in [2.45, 2.75) is 109 Å². The van der Waals surface area contributed by atoms with Crippen molar-refractivity contribution in [2.75, 3.05) is 27.7 Å². The highest BCUT2D eigenvalue weighted by atomic mass is 31.2. The molecule has 178 valence electrons. The number of allylic oxidation sites excluding steroid dienone is 3. The zero-order chi connectivity index (χ0) is 22.7. The Bertz CT molecular complexity index is 485. The van der Waals surface area contributed by atoms with Crippen LogP contribution in [0.1, 0.15) is 103 Å². The lowest BCUT2D eigenvalue weighted by Crippen LogP contribution is -2.45. The predicted octanol–water partition coefficient (Wildman–Crippen LogP) is 7.83. The van der Waals surface area contributed by atoms with Crippen molar-refractivity contribution in [1.82, 2.24) is 0 Å². The summed E-state index contributed by atoms with van der Waals surface area (Å²) in [6.07, 6.45) is 24.0. The van der Waals surface area contributed by atoms with E-state index >= 15 is 0 Å². The van der Waals surface area contributed by atoms with Gasteiger partial charge in [-0.15, -0.1) is 6.58 Å².